The Kier molecular flexibility index (Phi) is 7.15. The van der Waals surface area contributed by atoms with Crippen LogP contribution in [0.15, 0.2) is 73.0 Å². The number of ether oxygens (including phenoxy) is 2. The fraction of sp³-hybridized carbons (Fsp3) is 0.233. The van der Waals surface area contributed by atoms with E-state index in [4.69, 9.17) is 23.3 Å². The number of aliphatic hydroxyl groups excluding tert-OH is 1. The summed E-state index contributed by atoms with van der Waals surface area (Å²) in [4.78, 5) is 59.6. The Hall–Kier alpha value is -5.07. The minimum atomic E-state index is -0.955. The SMILES string of the molecule is Cc1ccc(-c2c3oc(=O)ccc(=O)oc4c5c(cc(nc3N3CCN(CCO)CC3)c24)OC(=O)/C=C\C(=O)O5)cc1. The number of fused-ring (bicyclic) bond motifs is 3. The summed E-state index contributed by atoms with van der Waals surface area (Å²) in [6.45, 7) is 4.76. The fourth-order valence-corrected chi connectivity index (χ4v) is 5.04. The average molecular weight is 572 g/mol. The monoisotopic (exact) mass is 571 g/mol. The molecule has 12 heteroatoms. The molecule has 2 aliphatic rings. The Morgan fingerprint density at radius 2 is 1.48 bits per heavy atom. The van der Waals surface area contributed by atoms with Gasteiger partial charge in [-0.15, -0.1) is 0 Å². The first-order chi connectivity index (χ1) is 20.3. The van der Waals surface area contributed by atoms with Gasteiger partial charge < -0.3 is 28.3 Å². The van der Waals surface area contributed by atoms with Crippen LogP contribution in [0.2, 0.25) is 0 Å². The highest BCUT2D eigenvalue weighted by Crippen LogP contribution is 2.45. The van der Waals surface area contributed by atoms with Gasteiger partial charge in [0.05, 0.1) is 17.5 Å². The van der Waals surface area contributed by atoms with Gasteiger partial charge in [-0.25, -0.2) is 24.2 Å². The summed E-state index contributed by atoms with van der Waals surface area (Å²) in [6.07, 6.45) is 1.82. The van der Waals surface area contributed by atoms with Crippen molar-refractivity contribution in [2.45, 2.75) is 6.92 Å². The highest BCUT2D eigenvalue weighted by molar-refractivity contribution is 6.15. The molecule has 0 saturated carbocycles. The maximum Gasteiger partial charge on any atom is 0.336 e. The third kappa shape index (κ3) is 5.20. The molecule has 4 heterocycles. The first-order valence-corrected chi connectivity index (χ1v) is 13.2. The Bertz CT molecular complexity index is 1900. The minimum Gasteiger partial charge on any atom is -0.419 e. The van der Waals surface area contributed by atoms with Gasteiger partial charge in [-0.3, -0.25) is 4.90 Å². The molecule has 0 unspecified atom stereocenters. The molecule has 0 amide bonds. The van der Waals surface area contributed by atoms with Crippen molar-refractivity contribution in [2.75, 3.05) is 44.2 Å². The van der Waals surface area contributed by atoms with Crippen molar-refractivity contribution in [3.63, 3.8) is 0 Å². The molecule has 4 aromatic rings. The number of hydrogen-bond acceptors (Lipinski definition) is 12. The second-order valence-electron chi connectivity index (χ2n) is 9.84. The summed E-state index contributed by atoms with van der Waals surface area (Å²) in [5.41, 5.74) is 0.293. The molecular formula is C30H25N3O9. The number of piperazine rings is 1. The van der Waals surface area contributed by atoms with Gasteiger partial charge in [0.25, 0.3) is 0 Å². The molecule has 0 atom stereocenters. The molecule has 2 aromatic heterocycles. The van der Waals surface area contributed by atoms with Crippen LogP contribution >= 0.6 is 0 Å². The van der Waals surface area contributed by atoms with E-state index >= 15 is 0 Å². The summed E-state index contributed by atoms with van der Waals surface area (Å²) in [7, 11) is 0. The molecule has 6 rings (SSSR count). The molecule has 0 aliphatic carbocycles. The number of rotatable bonds is 4. The zero-order valence-electron chi connectivity index (χ0n) is 22.5. The van der Waals surface area contributed by atoms with Crippen LogP contribution in [0.25, 0.3) is 33.2 Å². The molecular weight excluding hydrogens is 546 g/mol. The lowest BCUT2D eigenvalue weighted by Gasteiger charge is -2.35. The van der Waals surface area contributed by atoms with Crippen LogP contribution in [-0.4, -0.2) is 66.3 Å². The quantitative estimate of drug-likeness (QED) is 0.283. The van der Waals surface area contributed by atoms with Crippen LogP contribution in [0.5, 0.6) is 11.5 Å². The second kappa shape index (κ2) is 11.1. The largest absolute Gasteiger partial charge is 0.419 e. The van der Waals surface area contributed by atoms with Crippen LogP contribution in [0.3, 0.4) is 0 Å². The van der Waals surface area contributed by atoms with E-state index in [2.05, 4.69) is 4.90 Å². The number of anilines is 1. The number of aryl methyl sites for hydroxylation is 1. The molecule has 12 nitrogen and oxygen atoms in total. The van der Waals surface area contributed by atoms with Crippen molar-refractivity contribution in [1.29, 1.82) is 0 Å². The van der Waals surface area contributed by atoms with Gasteiger partial charge in [-0.2, -0.15) is 0 Å². The van der Waals surface area contributed by atoms with Gasteiger partial charge in [0.15, 0.2) is 22.7 Å². The summed E-state index contributed by atoms with van der Waals surface area (Å²) in [6, 6.07) is 10.6. The number of carbonyl (C=O) groups is 2. The topological polar surface area (TPSA) is 153 Å². The maximum atomic E-state index is 12.9. The molecule has 214 valence electrons. The molecule has 0 spiro atoms. The molecule has 2 bridgehead atoms. The van der Waals surface area contributed by atoms with Crippen molar-refractivity contribution in [2.24, 2.45) is 0 Å². The summed E-state index contributed by atoms with van der Waals surface area (Å²) in [5.74, 6) is -1.86. The van der Waals surface area contributed by atoms with Crippen LogP contribution in [-0.2, 0) is 9.59 Å². The Morgan fingerprint density at radius 3 is 2.14 bits per heavy atom. The third-order valence-electron chi connectivity index (χ3n) is 7.05. The molecule has 2 aliphatic heterocycles. The zero-order valence-corrected chi connectivity index (χ0v) is 22.5. The highest BCUT2D eigenvalue weighted by Gasteiger charge is 2.29. The maximum absolute atomic E-state index is 12.9. The van der Waals surface area contributed by atoms with Gasteiger partial charge >= 0.3 is 23.2 Å². The predicted octanol–water partition coefficient (Wildman–Crippen LogP) is 2.33. The van der Waals surface area contributed by atoms with E-state index in [0.717, 1.165) is 29.8 Å². The first kappa shape index (κ1) is 27.1. The molecule has 2 aromatic carbocycles. The van der Waals surface area contributed by atoms with E-state index in [1.54, 1.807) is 0 Å². The van der Waals surface area contributed by atoms with Crippen molar-refractivity contribution in [1.82, 2.24) is 9.88 Å². The molecule has 0 radical (unpaired) electrons. The third-order valence-corrected chi connectivity index (χ3v) is 7.05. The van der Waals surface area contributed by atoms with Gasteiger partial charge in [-0.05, 0) is 12.5 Å². The number of esters is 2. The summed E-state index contributed by atoms with van der Waals surface area (Å²) in [5, 5.41) is 9.59. The van der Waals surface area contributed by atoms with Gasteiger partial charge in [0, 0.05) is 68.6 Å². The number of aromatic nitrogens is 1. The molecule has 1 saturated heterocycles. The molecule has 1 fully saturated rings. The van der Waals surface area contributed by atoms with Crippen LogP contribution in [0, 0.1) is 6.92 Å². The Labute approximate surface area is 237 Å². The number of benzene rings is 2. The zero-order chi connectivity index (χ0) is 29.4. The number of carbonyl (C=O) groups excluding carboxylic acids is 2. The highest BCUT2D eigenvalue weighted by atomic mass is 16.6. The van der Waals surface area contributed by atoms with Crippen molar-refractivity contribution in [3.05, 3.63) is 81.0 Å². The molecule has 42 heavy (non-hydrogen) atoms. The lowest BCUT2D eigenvalue weighted by molar-refractivity contribution is -0.133. The fourth-order valence-electron chi connectivity index (χ4n) is 5.04. The number of nitrogens with zero attached hydrogens (tertiary/aromatic N) is 3. The predicted molar refractivity (Wildman–Crippen MR) is 151 cm³/mol. The average Bonchev–Trinajstić information content (AvgIpc) is 2.96. The Morgan fingerprint density at radius 1 is 0.833 bits per heavy atom. The van der Waals surface area contributed by atoms with Crippen LogP contribution in [0.1, 0.15) is 5.56 Å². The van der Waals surface area contributed by atoms with E-state index in [-0.39, 0.29) is 40.2 Å². The van der Waals surface area contributed by atoms with Crippen molar-refractivity contribution >= 4 is 39.8 Å². The Balaban J connectivity index is 1.77. The van der Waals surface area contributed by atoms with E-state index in [9.17, 15) is 24.3 Å². The number of pyridine rings is 1. The standard InChI is InChI=1S/C30H25N3O9/c1-17-2-4-18(5-3-17)25-26-19-16-20-27(40-22(36)7-6-21(35)39-20)28(26)41-23(37)8-9-24(38)42-29(25)30(31-19)33-12-10-32(11-13-33)14-15-34/h2-9,16,34H,10-15H2,1H3/b7-6-,9-8?. The van der Waals surface area contributed by atoms with Gasteiger partial charge in [-0.1, -0.05) is 29.8 Å². The smallest absolute Gasteiger partial charge is 0.336 e. The van der Waals surface area contributed by atoms with E-state index in [1.807, 2.05) is 36.1 Å². The first-order valence-electron chi connectivity index (χ1n) is 13.2. The summed E-state index contributed by atoms with van der Waals surface area (Å²) >= 11 is 0. The van der Waals surface area contributed by atoms with Gasteiger partial charge in [0.2, 0.25) is 5.75 Å². The lowest BCUT2D eigenvalue weighted by Crippen LogP contribution is -2.47. The summed E-state index contributed by atoms with van der Waals surface area (Å²) < 4.78 is 22.5. The van der Waals surface area contributed by atoms with Crippen molar-refractivity contribution in [3.8, 4) is 22.6 Å². The van der Waals surface area contributed by atoms with E-state index in [1.165, 1.54) is 6.07 Å². The molecule has 1 N–H and O–H groups in total. The van der Waals surface area contributed by atoms with Crippen LogP contribution in [0.4, 0.5) is 5.82 Å². The lowest BCUT2D eigenvalue weighted by atomic mass is 9.98. The van der Waals surface area contributed by atoms with Crippen molar-refractivity contribution < 1.29 is 33.0 Å². The number of aliphatic hydroxyl groups is 1. The van der Waals surface area contributed by atoms with Gasteiger partial charge in [0.1, 0.15) is 0 Å². The van der Waals surface area contributed by atoms with Crippen LogP contribution < -0.4 is 25.6 Å². The van der Waals surface area contributed by atoms with E-state index < -0.39 is 23.2 Å². The number of β-amino-alcohol motifs (C(OH)–C–C–N with tert-alkyl or cyclic N) is 1. The number of hydrogen-bond donors (Lipinski definition) is 1. The minimum absolute atomic E-state index is 0.0338. The van der Waals surface area contributed by atoms with E-state index in [0.29, 0.717) is 49.7 Å². The second-order valence-corrected chi connectivity index (χ2v) is 9.84. The normalized spacial score (nSPS) is 16.4.